The minimum atomic E-state index is -4.28. The van der Waals surface area contributed by atoms with Crippen LogP contribution in [0.2, 0.25) is 0 Å². The van der Waals surface area contributed by atoms with Crippen LogP contribution >= 0.6 is 11.8 Å². The first kappa shape index (κ1) is 13.8. The quantitative estimate of drug-likeness (QED) is 0.635. The second kappa shape index (κ2) is 5.89. The van der Waals surface area contributed by atoms with E-state index in [4.69, 9.17) is 0 Å². The lowest BCUT2D eigenvalue weighted by atomic mass is 10.5. The van der Waals surface area contributed by atoms with Crippen molar-refractivity contribution in [3.05, 3.63) is 12.0 Å². The van der Waals surface area contributed by atoms with E-state index in [1.54, 1.807) is 7.05 Å². The molecule has 2 N–H and O–H groups in total. The van der Waals surface area contributed by atoms with E-state index >= 15 is 0 Å². The number of hydrogen-bond donors (Lipinski definition) is 2. The van der Waals surface area contributed by atoms with Gasteiger partial charge in [0.2, 0.25) is 5.95 Å². The van der Waals surface area contributed by atoms with E-state index in [9.17, 15) is 17.6 Å². The van der Waals surface area contributed by atoms with Crippen LogP contribution in [0.4, 0.5) is 29.3 Å². The summed E-state index contributed by atoms with van der Waals surface area (Å²) in [6.45, 7) is -0.0404. The summed E-state index contributed by atoms with van der Waals surface area (Å²) in [5.41, 5.74) is -4.28. The fourth-order valence-electron chi connectivity index (χ4n) is 0.948. The maximum Gasteiger partial charge on any atom is 0.441 e. The summed E-state index contributed by atoms with van der Waals surface area (Å²) in [5, 5.41) is 5.07. The molecule has 0 aromatic carbocycles. The first-order chi connectivity index (χ1) is 7.92. The third-order valence-corrected chi connectivity index (χ3v) is 2.36. The van der Waals surface area contributed by atoms with Crippen molar-refractivity contribution in [1.82, 2.24) is 9.97 Å². The number of nitrogens with zero attached hydrogens (tertiary/aromatic N) is 2. The first-order valence-electron chi connectivity index (χ1n) is 4.57. The number of rotatable bonds is 5. The Morgan fingerprint density at radius 3 is 2.71 bits per heavy atom. The van der Waals surface area contributed by atoms with Crippen molar-refractivity contribution in [1.29, 1.82) is 0 Å². The van der Waals surface area contributed by atoms with E-state index in [-0.39, 0.29) is 35.8 Å². The van der Waals surface area contributed by atoms with Crippen molar-refractivity contribution in [3.8, 4) is 0 Å². The van der Waals surface area contributed by atoms with Gasteiger partial charge in [-0.15, -0.1) is 0 Å². The molecule has 0 saturated carbocycles. The Balaban J connectivity index is 2.46. The Morgan fingerprint density at radius 1 is 1.41 bits per heavy atom. The molecule has 0 saturated heterocycles. The zero-order valence-corrected chi connectivity index (χ0v) is 9.62. The van der Waals surface area contributed by atoms with E-state index in [0.29, 0.717) is 0 Å². The molecule has 96 valence electrons. The number of nitrogens with one attached hydrogen (secondary N) is 2. The summed E-state index contributed by atoms with van der Waals surface area (Å²) in [4.78, 5) is 7.33. The van der Waals surface area contributed by atoms with Crippen LogP contribution in [-0.4, -0.2) is 34.8 Å². The third kappa shape index (κ3) is 5.07. The number of halogens is 4. The van der Waals surface area contributed by atoms with Gasteiger partial charge in [0, 0.05) is 19.3 Å². The van der Waals surface area contributed by atoms with Crippen LogP contribution in [-0.2, 0) is 0 Å². The zero-order chi connectivity index (χ0) is 12.9. The maximum atomic E-state index is 13.1. The highest BCUT2D eigenvalue weighted by Gasteiger charge is 2.27. The normalized spacial score (nSPS) is 11.4. The van der Waals surface area contributed by atoms with Gasteiger partial charge in [-0.1, -0.05) is 0 Å². The van der Waals surface area contributed by atoms with Crippen LogP contribution < -0.4 is 10.6 Å². The molecule has 1 aromatic heterocycles. The van der Waals surface area contributed by atoms with Crippen molar-refractivity contribution < 1.29 is 17.6 Å². The minimum Gasteiger partial charge on any atom is -0.367 e. The highest BCUT2D eigenvalue weighted by molar-refractivity contribution is 8.00. The van der Waals surface area contributed by atoms with Crippen LogP contribution in [0.25, 0.3) is 0 Å². The van der Waals surface area contributed by atoms with Crippen LogP contribution in [0.15, 0.2) is 6.20 Å². The molecular weight excluding hydrogens is 260 g/mol. The van der Waals surface area contributed by atoms with Crippen molar-refractivity contribution in [2.45, 2.75) is 5.51 Å². The first-order valence-corrected chi connectivity index (χ1v) is 5.56. The molecule has 1 rings (SSSR count). The molecule has 17 heavy (non-hydrogen) atoms. The Morgan fingerprint density at radius 2 is 2.12 bits per heavy atom. The van der Waals surface area contributed by atoms with E-state index in [0.717, 1.165) is 6.20 Å². The third-order valence-electron chi connectivity index (χ3n) is 1.63. The topological polar surface area (TPSA) is 49.8 Å². The number of alkyl halides is 3. The Kier molecular flexibility index (Phi) is 4.79. The van der Waals surface area contributed by atoms with Crippen molar-refractivity contribution >= 4 is 23.5 Å². The number of aromatic nitrogens is 2. The molecule has 0 aliphatic rings. The summed E-state index contributed by atoms with van der Waals surface area (Å²) >= 11 is -0.175. The van der Waals surface area contributed by atoms with E-state index in [1.165, 1.54) is 0 Å². The second-order valence-electron chi connectivity index (χ2n) is 2.86. The molecule has 0 spiro atoms. The monoisotopic (exact) mass is 270 g/mol. The van der Waals surface area contributed by atoms with E-state index in [2.05, 4.69) is 20.6 Å². The second-order valence-corrected chi connectivity index (χ2v) is 4.02. The van der Waals surface area contributed by atoms with Gasteiger partial charge in [0.15, 0.2) is 11.6 Å². The van der Waals surface area contributed by atoms with Crippen LogP contribution in [0.1, 0.15) is 0 Å². The van der Waals surface area contributed by atoms with E-state index < -0.39 is 11.3 Å². The van der Waals surface area contributed by atoms with Gasteiger partial charge >= 0.3 is 5.51 Å². The summed E-state index contributed by atoms with van der Waals surface area (Å²) in [5.74, 6) is -0.854. The average molecular weight is 270 g/mol. The average Bonchev–Trinajstić information content (AvgIpc) is 2.25. The highest BCUT2D eigenvalue weighted by Crippen LogP contribution is 2.29. The molecule has 4 nitrogen and oxygen atoms in total. The number of thioether (sulfide) groups is 1. The van der Waals surface area contributed by atoms with Gasteiger partial charge in [-0.2, -0.15) is 18.2 Å². The van der Waals surface area contributed by atoms with Gasteiger partial charge in [0.1, 0.15) is 0 Å². The molecule has 1 aromatic rings. The largest absolute Gasteiger partial charge is 0.441 e. The lowest BCUT2D eigenvalue weighted by Crippen LogP contribution is -2.12. The Bertz CT molecular complexity index is 371. The number of anilines is 2. The molecule has 0 unspecified atom stereocenters. The fourth-order valence-corrected chi connectivity index (χ4v) is 1.38. The maximum absolute atomic E-state index is 13.1. The molecule has 0 aliphatic heterocycles. The molecule has 0 aliphatic carbocycles. The van der Waals surface area contributed by atoms with Gasteiger partial charge in [-0.3, -0.25) is 0 Å². The van der Waals surface area contributed by atoms with Crippen LogP contribution in [0, 0.1) is 5.82 Å². The summed E-state index contributed by atoms with van der Waals surface area (Å²) in [6.07, 6.45) is 0.943. The number of hydrogen-bond acceptors (Lipinski definition) is 5. The summed E-state index contributed by atoms with van der Waals surface area (Å²) in [6, 6.07) is 0. The predicted molar refractivity (Wildman–Crippen MR) is 58.5 cm³/mol. The smallest absolute Gasteiger partial charge is 0.367 e. The molecule has 0 fully saturated rings. The van der Waals surface area contributed by atoms with Gasteiger partial charge in [0.05, 0.1) is 6.20 Å². The van der Waals surface area contributed by atoms with Crippen LogP contribution in [0.5, 0.6) is 0 Å². The highest BCUT2D eigenvalue weighted by atomic mass is 32.2. The summed E-state index contributed by atoms with van der Waals surface area (Å²) < 4.78 is 48.5. The van der Waals surface area contributed by atoms with Gasteiger partial charge < -0.3 is 10.6 Å². The van der Waals surface area contributed by atoms with Gasteiger partial charge in [-0.25, -0.2) is 9.37 Å². The van der Waals surface area contributed by atoms with Crippen molar-refractivity contribution in [2.75, 3.05) is 30.0 Å². The predicted octanol–water partition coefficient (Wildman–Crippen LogP) is 2.32. The van der Waals surface area contributed by atoms with Crippen LogP contribution in [0.3, 0.4) is 0 Å². The molecule has 0 atom stereocenters. The lowest BCUT2D eigenvalue weighted by Gasteiger charge is -2.08. The SMILES string of the molecule is CNc1ncc(F)c(NCCSC(F)(F)F)n1. The molecular formula is C8H10F4N4S. The molecule has 0 bridgehead atoms. The Labute approximate surface area is 99.2 Å². The lowest BCUT2D eigenvalue weighted by molar-refractivity contribution is -0.0327. The molecule has 9 heteroatoms. The van der Waals surface area contributed by atoms with Gasteiger partial charge in [0.25, 0.3) is 0 Å². The fraction of sp³-hybridized carbons (Fsp3) is 0.500. The van der Waals surface area contributed by atoms with Crippen molar-refractivity contribution in [2.24, 2.45) is 0 Å². The minimum absolute atomic E-state index is 0.0404. The summed E-state index contributed by atoms with van der Waals surface area (Å²) in [7, 11) is 1.55. The Hall–Kier alpha value is -1.25. The molecule has 0 radical (unpaired) electrons. The standard InChI is InChI=1S/C8H10F4N4S/c1-13-7-15-4-5(9)6(16-7)14-2-3-17-8(10,11)12/h4H,2-3H2,1H3,(H2,13,14,15,16). The van der Waals surface area contributed by atoms with Gasteiger partial charge in [-0.05, 0) is 11.8 Å². The molecule has 0 amide bonds. The van der Waals surface area contributed by atoms with Crippen molar-refractivity contribution in [3.63, 3.8) is 0 Å². The van der Waals surface area contributed by atoms with E-state index in [1.807, 2.05) is 0 Å². The zero-order valence-electron chi connectivity index (χ0n) is 8.81. The molecule has 1 heterocycles.